The smallest absolute Gasteiger partial charge is 0.251 e. The maximum atomic E-state index is 12.0. The van der Waals surface area contributed by atoms with E-state index in [0.717, 1.165) is 17.5 Å². The molecule has 0 fully saturated rings. The summed E-state index contributed by atoms with van der Waals surface area (Å²) in [4.78, 5) is 12.0. The van der Waals surface area contributed by atoms with Gasteiger partial charge in [-0.25, -0.2) is 0 Å². The summed E-state index contributed by atoms with van der Waals surface area (Å²) in [5.41, 5.74) is 2.97. The monoisotopic (exact) mass is 219 g/mol. The molecule has 0 aliphatic heterocycles. The Morgan fingerprint density at radius 1 is 1.25 bits per heavy atom. The molecule has 0 unspecified atom stereocenters. The molecule has 16 heavy (non-hydrogen) atoms. The first-order valence-corrected chi connectivity index (χ1v) is 5.75. The molecule has 1 aromatic carbocycles. The van der Waals surface area contributed by atoms with Crippen molar-refractivity contribution in [1.82, 2.24) is 5.32 Å². The average molecular weight is 219 g/mol. The lowest BCUT2D eigenvalue weighted by molar-refractivity contribution is 0.0911. The summed E-state index contributed by atoms with van der Waals surface area (Å²) in [6.07, 6.45) is 0.920. The Balaban J connectivity index is 2.85. The zero-order valence-corrected chi connectivity index (χ0v) is 10.8. The summed E-state index contributed by atoms with van der Waals surface area (Å²) in [5.74, 6) is 0.00921. The number of aryl methyl sites for hydroxylation is 2. The number of carbonyl (C=O) groups is 1. The van der Waals surface area contributed by atoms with E-state index in [9.17, 15) is 4.79 Å². The van der Waals surface area contributed by atoms with E-state index in [2.05, 4.69) is 12.2 Å². The molecule has 0 saturated carbocycles. The van der Waals surface area contributed by atoms with Gasteiger partial charge >= 0.3 is 0 Å². The Morgan fingerprint density at radius 2 is 1.88 bits per heavy atom. The fourth-order valence-electron chi connectivity index (χ4n) is 1.35. The van der Waals surface area contributed by atoms with Crippen LogP contribution in [0.5, 0.6) is 0 Å². The van der Waals surface area contributed by atoms with Gasteiger partial charge in [0.2, 0.25) is 0 Å². The first-order chi connectivity index (χ1) is 7.35. The third-order valence-corrected chi connectivity index (χ3v) is 3.10. The van der Waals surface area contributed by atoms with Crippen LogP contribution in [0, 0.1) is 13.8 Å². The molecule has 0 bridgehead atoms. The van der Waals surface area contributed by atoms with Crippen LogP contribution in [0.4, 0.5) is 0 Å². The third-order valence-electron chi connectivity index (χ3n) is 3.10. The SMILES string of the molecule is CCC(C)(C)NC(=O)c1ccc(C)c(C)c1. The van der Waals surface area contributed by atoms with Gasteiger partial charge in [-0.15, -0.1) is 0 Å². The minimum absolute atomic E-state index is 0.00921. The average Bonchev–Trinajstić information content (AvgIpc) is 2.21. The minimum Gasteiger partial charge on any atom is -0.347 e. The first kappa shape index (κ1) is 12.8. The molecule has 1 amide bonds. The summed E-state index contributed by atoms with van der Waals surface area (Å²) in [7, 11) is 0. The lowest BCUT2D eigenvalue weighted by Crippen LogP contribution is -2.42. The molecule has 0 saturated heterocycles. The van der Waals surface area contributed by atoms with Crippen LogP contribution >= 0.6 is 0 Å². The Kier molecular flexibility index (Phi) is 3.74. The number of carbonyl (C=O) groups excluding carboxylic acids is 1. The third kappa shape index (κ3) is 3.09. The Labute approximate surface area is 98.1 Å². The second-order valence-electron chi connectivity index (χ2n) is 4.99. The van der Waals surface area contributed by atoms with Crippen LogP contribution < -0.4 is 5.32 Å². The van der Waals surface area contributed by atoms with Gasteiger partial charge in [0, 0.05) is 11.1 Å². The van der Waals surface area contributed by atoms with Crippen molar-refractivity contribution in [2.75, 3.05) is 0 Å². The van der Waals surface area contributed by atoms with Crippen LogP contribution in [0.25, 0.3) is 0 Å². The fourth-order valence-corrected chi connectivity index (χ4v) is 1.35. The van der Waals surface area contributed by atoms with Gasteiger partial charge in [-0.05, 0) is 57.4 Å². The topological polar surface area (TPSA) is 29.1 Å². The van der Waals surface area contributed by atoms with Gasteiger partial charge in [-0.3, -0.25) is 4.79 Å². The quantitative estimate of drug-likeness (QED) is 0.831. The van der Waals surface area contributed by atoms with Gasteiger partial charge in [0.1, 0.15) is 0 Å². The van der Waals surface area contributed by atoms with E-state index in [1.165, 1.54) is 5.56 Å². The predicted molar refractivity (Wildman–Crippen MR) is 67.8 cm³/mol. The normalized spacial score (nSPS) is 11.3. The maximum absolute atomic E-state index is 12.0. The summed E-state index contributed by atoms with van der Waals surface area (Å²) in [5, 5.41) is 3.03. The molecule has 0 spiro atoms. The van der Waals surface area contributed by atoms with Crippen molar-refractivity contribution in [3.05, 3.63) is 34.9 Å². The summed E-state index contributed by atoms with van der Waals surface area (Å²) >= 11 is 0. The van der Waals surface area contributed by atoms with Gasteiger partial charge in [-0.1, -0.05) is 13.0 Å². The van der Waals surface area contributed by atoms with Gasteiger partial charge in [0.05, 0.1) is 0 Å². The van der Waals surface area contributed by atoms with Gasteiger partial charge in [-0.2, -0.15) is 0 Å². The van der Waals surface area contributed by atoms with E-state index in [4.69, 9.17) is 0 Å². The van der Waals surface area contributed by atoms with Crippen molar-refractivity contribution < 1.29 is 4.79 Å². The molecule has 0 atom stereocenters. The number of nitrogens with one attached hydrogen (secondary N) is 1. The van der Waals surface area contributed by atoms with Crippen molar-refractivity contribution in [2.45, 2.75) is 46.6 Å². The van der Waals surface area contributed by atoms with Crippen LogP contribution in [-0.2, 0) is 0 Å². The second kappa shape index (κ2) is 4.69. The zero-order chi connectivity index (χ0) is 12.3. The lowest BCUT2D eigenvalue weighted by atomic mass is 10.0. The van der Waals surface area contributed by atoms with Crippen molar-refractivity contribution in [3.63, 3.8) is 0 Å². The molecule has 0 aliphatic carbocycles. The highest BCUT2D eigenvalue weighted by molar-refractivity contribution is 5.94. The van der Waals surface area contributed by atoms with Crippen molar-refractivity contribution in [2.24, 2.45) is 0 Å². The first-order valence-electron chi connectivity index (χ1n) is 5.75. The lowest BCUT2D eigenvalue weighted by Gasteiger charge is -2.24. The molecule has 2 nitrogen and oxygen atoms in total. The maximum Gasteiger partial charge on any atom is 0.251 e. The molecule has 2 heteroatoms. The van der Waals surface area contributed by atoms with Gasteiger partial charge in [0.15, 0.2) is 0 Å². The van der Waals surface area contributed by atoms with E-state index in [0.29, 0.717) is 0 Å². The van der Waals surface area contributed by atoms with E-state index in [-0.39, 0.29) is 11.4 Å². The number of amides is 1. The fraction of sp³-hybridized carbons (Fsp3) is 0.500. The zero-order valence-electron chi connectivity index (χ0n) is 10.8. The molecule has 1 N–H and O–H groups in total. The minimum atomic E-state index is -0.143. The van der Waals surface area contributed by atoms with Crippen LogP contribution in [0.15, 0.2) is 18.2 Å². The van der Waals surface area contributed by atoms with Crippen LogP contribution in [0.3, 0.4) is 0 Å². The molecule has 0 radical (unpaired) electrons. The number of hydrogen-bond donors (Lipinski definition) is 1. The van der Waals surface area contributed by atoms with Crippen LogP contribution in [-0.4, -0.2) is 11.4 Å². The van der Waals surface area contributed by atoms with E-state index in [1.54, 1.807) is 0 Å². The molecular weight excluding hydrogens is 198 g/mol. The van der Waals surface area contributed by atoms with Crippen molar-refractivity contribution in [1.29, 1.82) is 0 Å². The second-order valence-corrected chi connectivity index (χ2v) is 4.99. The molecule has 0 aromatic heterocycles. The van der Waals surface area contributed by atoms with E-state index in [1.807, 2.05) is 45.9 Å². The molecule has 1 rings (SSSR count). The largest absolute Gasteiger partial charge is 0.347 e. The highest BCUT2D eigenvalue weighted by Gasteiger charge is 2.18. The summed E-state index contributed by atoms with van der Waals surface area (Å²) in [6, 6.07) is 5.81. The Bertz CT molecular complexity index is 394. The highest BCUT2D eigenvalue weighted by atomic mass is 16.1. The molecule has 1 aromatic rings. The highest BCUT2D eigenvalue weighted by Crippen LogP contribution is 2.12. The van der Waals surface area contributed by atoms with Crippen LogP contribution in [0.2, 0.25) is 0 Å². The molecule has 0 heterocycles. The number of rotatable bonds is 3. The van der Waals surface area contributed by atoms with E-state index < -0.39 is 0 Å². The van der Waals surface area contributed by atoms with Gasteiger partial charge < -0.3 is 5.32 Å². The Hall–Kier alpha value is -1.31. The van der Waals surface area contributed by atoms with Gasteiger partial charge in [0.25, 0.3) is 5.91 Å². The van der Waals surface area contributed by atoms with Crippen LogP contribution in [0.1, 0.15) is 48.7 Å². The summed E-state index contributed by atoms with van der Waals surface area (Å²) < 4.78 is 0. The summed E-state index contributed by atoms with van der Waals surface area (Å²) in [6.45, 7) is 10.2. The predicted octanol–water partition coefficient (Wildman–Crippen LogP) is 3.22. The number of hydrogen-bond acceptors (Lipinski definition) is 1. The van der Waals surface area contributed by atoms with Crippen molar-refractivity contribution >= 4 is 5.91 Å². The number of benzene rings is 1. The standard InChI is InChI=1S/C14H21NO/c1-6-14(4,5)15-13(16)12-8-7-10(2)11(3)9-12/h7-9H,6H2,1-5H3,(H,15,16). The van der Waals surface area contributed by atoms with Crippen molar-refractivity contribution in [3.8, 4) is 0 Å². The molecule has 88 valence electrons. The molecule has 0 aliphatic rings. The van der Waals surface area contributed by atoms with E-state index >= 15 is 0 Å². The Morgan fingerprint density at radius 3 is 2.38 bits per heavy atom. The molecular formula is C14H21NO.